The van der Waals surface area contributed by atoms with Gasteiger partial charge in [-0.15, -0.1) is 0 Å². The molecule has 1 N–H and O–H groups in total. The van der Waals surface area contributed by atoms with Gasteiger partial charge in [0.15, 0.2) is 5.58 Å². The lowest BCUT2D eigenvalue weighted by atomic mass is 10.1. The molecule has 0 spiro atoms. The number of amides is 1. The Kier molecular flexibility index (Phi) is 4.52. The van der Waals surface area contributed by atoms with Crippen LogP contribution in [0.2, 0.25) is 5.15 Å². The molecule has 0 aliphatic carbocycles. The minimum Gasteiger partial charge on any atom is -0.475 e. The number of oxazole rings is 1. The number of carbonyl (C=O) groups excluding carboxylic acids is 1. The number of ether oxygens (including phenoxy) is 1. The average Bonchev–Trinajstić information content (AvgIpc) is 3.23. The van der Waals surface area contributed by atoms with Crippen LogP contribution in [0.3, 0.4) is 0 Å². The molecule has 2 aromatic heterocycles. The number of nitrogens with zero attached hydrogens (tertiary/aromatic N) is 2. The molecule has 5 rings (SSSR count). The molecule has 1 aliphatic rings. The highest BCUT2D eigenvalue weighted by atomic mass is 35.5. The number of carbonyl (C=O) groups is 1. The monoisotopic (exact) mass is 421 g/mol. The van der Waals surface area contributed by atoms with Crippen LogP contribution in [0, 0.1) is 0 Å². The highest BCUT2D eigenvalue weighted by Crippen LogP contribution is 2.35. The fraction of sp³-hybridized carbons (Fsp3) is 0.136. The number of nitrogens with one attached hydrogen (secondary N) is 1. The highest BCUT2D eigenvalue weighted by Gasteiger charge is 2.37. The number of hydrogen-bond acceptors (Lipinski definition) is 5. The van der Waals surface area contributed by atoms with Gasteiger partial charge in [-0.1, -0.05) is 41.9 Å². The van der Waals surface area contributed by atoms with Gasteiger partial charge < -0.3 is 14.1 Å². The van der Waals surface area contributed by atoms with Gasteiger partial charge in [0.25, 0.3) is 5.91 Å². The first-order chi connectivity index (χ1) is 14.6. The third kappa shape index (κ3) is 3.33. The summed E-state index contributed by atoms with van der Waals surface area (Å²) in [6.45, 7) is 0.576. The van der Waals surface area contributed by atoms with Gasteiger partial charge in [-0.05, 0) is 35.4 Å². The van der Waals surface area contributed by atoms with Gasteiger partial charge in [0.1, 0.15) is 11.8 Å². The maximum absolute atomic E-state index is 13.1. The second-order valence-corrected chi connectivity index (χ2v) is 7.38. The number of aromatic amines is 1. The van der Waals surface area contributed by atoms with Crippen LogP contribution in [-0.4, -0.2) is 27.4 Å². The summed E-state index contributed by atoms with van der Waals surface area (Å²) in [7, 11) is 0. The fourth-order valence-electron chi connectivity index (χ4n) is 3.73. The van der Waals surface area contributed by atoms with Gasteiger partial charge >= 0.3 is 5.76 Å². The molecule has 1 unspecified atom stereocenters. The predicted molar refractivity (Wildman–Crippen MR) is 111 cm³/mol. The molecule has 0 fully saturated rings. The number of rotatable bonds is 5. The second-order valence-electron chi connectivity index (χ2n) is 6.99. The molecule has 0 saturated carbocycles. The number of aromatic nitrogens is 2. The number of fused-ring (bicyclic) bond motifs is 2. The first-order valence-electron chi connectivity index (χ1n) is 9.35. The molecule has 150 valence electrons. The minimum absolute atomic E-state index is 0.0751. The van der Waals surface area contributed by atoms with E-state index in [0.29, 0.717) is 34.2 Å². The molecule has 0 saturated heterocycles. The first kappa shape index (κ1) is 18.4. The third-order valence-electron chi connectivity index (χ3n) is 5.10. The normalized spacial score (nSPS) is 15.6. The maximum Gasteiger partial charge on any atom is 0.417 e. The van der Waals surface area contributed by atoms with Crippen LogP contribution in [0.25, 0.3) is 11.1 Å². The lowest BCUT2D eigenvalue weighted by Crippen LogP contribution is -2.31. The van der Waals surface area contributed by atoms with Gasteiger partial charge in [0.2, 0.25) is 5.88 Å². The van der Waals surface area contributed by atoms with Crippen molar-refractivity contribution in [1.82, 2.24) is 14.9 Å². The highest BCUT2D eigenvalue weighted by molar-refractivity contribution is 6.29. The Hall–Kier alpha value is -3.58. The van der Waals surface area contributed by atoms with Crippen LogP contribution >= 0.6 is 11.6 Å². The van der Waals surface area contributed by atoms with Crippen LogP contribution in [-0.2, 0) is 6.54 Å². The summed E-state index contributed by atoms with van der Waals surface area (Å²) in [6, 6.07) is 17.8. The van der Waals surface area contributed by atoms with Crippen LogP contribution < -0.4 is 10.5 Å². The third-order valence-corrected chi connectivity index (χ3v) is 5.31. The first-order valence-corrected chi connectivity index (χ1v) is 9.73. The van der Waals surface area contributed by atoms with Crippen LogP contribution in [0.1, 0.15) is 27.5 Å². The zero-order chi connectivity index (χ0) is 20.7. The molecule has 3 heterocycles. The zero-order valence-electron chi connectivity index (χ0n) is 15.7. The van der Waals surface area contributed by atoms with Crippen LogP contribution in [0.5, 0.6) is 5.88 Å². The number of H-pyrrole nitrogens is 1. The molecule has 7 nitrogen and oxygen atoms in total. The van der Waals surface area contributed by atoms with Crippen molar-refractivity contribution in [2.75, 3.05) is 6.61 Å². The average molecular weight is 422 g/mol. The summed E-state index contributed by atoms with van der Waals surface area (Å²) in [5.41, 5.74) is 3.47. The van der Waals surface area contributed by atoms with Gasteiger partial charge in [0.05, 0.1) is 11.6 Å². The fourth-order valence-corrected chi connectivity index (χ4v) is 3.88. The van der Waals surface area contributed by atoms with Gasteiger partial charge in [0, 0.05) is 18.2 Å². The van der Waals surface area contributed by atoms with Crippen molar-refractivity contribution >= 4 is 28.6 Å². The van der Waals surface area contributed by atoms with E-state index in [1.165, 1.54) is 0 Å². The van der Waals surface area contributed by atoms with E-state index in [4.69, 9.17) is 20.8 Å². The van der Waals surface area contributed by atoms with Crippen molar-refractivity contribution in [2.24, 2.45) is 0 Å². The van der Waals surface area contributed by atoms with E-state index < -0.39 is 5.76 Å². The molecule has 8 heteroatoms. The Bertz CT molecular complexity index is 1310. The molecule has 0 bridgehead atoms. The van der Waals surface area contributed by atoms with E-state index in [2.05, 4.69) is 9.97 Å². The largest absolute Gasteiger partial charge is 0.475 e. The van der Waals surface area contributed by atoms with Crippen molar-refractivity contribution in [1.29, 1.82) is 0 Å². The Labute approximate surface area is 175 Å². The number of hydrogen-bond donors (Lipinski definition) is 1. The Morgan fingerprint density at radius 2 is 1.97 bits per heavy atom. The van der Waals surface area contributed by atoms with Crippen molar-refractivity contribution < 1.29 is 13.9 Å². The molecule has 1 atom stereocenters. The van der Waals surface area contributed by atoms with Crippen LogP contribution in [0.15, 0.2) is 69.9 Å². The SMILES string of the molecule is O=C1c2ccccc2C(COc2cccc(Cl)n2)N1Cc1ccc2[nH]c(=O)oc2c1. The molecule has 0 radical (unpaired) electrons. The van der Waals surface area contributed by atoms with Crippen LogP contribution in [0.4, 0.5) is 0 Å². The lowest BCUT2D eigenvalue weighted by molar-refractivity contribution is 0.0650. The standard InChI is InChI=1S/C22H16ClN3O4/c23-19-6-3-7-20(25-19)29-12-17-14-4-1-2-5-15(14)21(27)26(17)11-13-8-9-16-18(10-13)30-22(28)24-16/h1-10,17H,11-12H2,(H,24,28). The summed E-state index contributed by atoms with van der Waals surface area (Å²) in [5, 5.41) is 0.341. The quantitative estimate of drug-likeness (QED) is 0.493. The van der Waals surface area contributed by atoms with Crippen molar-refractivity contribution in [3.63, 3.8) is 0 Å². The number of benzene rings is 2. The summed E-state index contributed by atoms with van der Waals surface area (Å²) >= 11 is 5.94. The van der Waals surface area contributed by atoms with Crippen molar-refractivity contribution in [2.45, 2.75) is 12.6 Å². The number of halogens is 1. The van der Waals surface area contributed by atoms with Gasteiger partial charge in [-0.2, -0.15) is 0 Å². The Morgan fingerprint density at radius 1 is 1.10 bits per heavy atom. The van der Waals surface area contributed by atoms with Crippen molar-refractivity contribution in [3.8, 4) is 5.88 Å². The van der Waals surface area contributed by atoms with E-state index in [1.54, 1.807) is 35.2 Å². The Balaban J connectivity index is 1.44. The van der Waals surface area contributed by atoms with E-state index in [-0.39, 0.29) is 18.6 Å². The number of pyridine rings is 1. The lowest BCUT2D eigenvalue weighted by Gasteiger charge is -2.25. The summed E-state index contributed by atoms with van der Waals surface area (Å²) in [4.78, 5) is 33.0. The predicted octanol–water partition coefficient (Wildman–Crippen LogP) is 3.95. The van der Waals surface area contributed by atoms with E-state index in [9.17, 15) is 9.59 Å². The second kappa shape index (κ2) is 7.35. The zero-order valence-corrected chi connectivity index (χ0v) is 16.4. The van der Waals surface area contributed by atoms with E-state index in [1.807, 2.05) is 30.3 Å². The molecule has 30 heavy (non-hydrogen) atoms. The van der Waals surface area contributed by atoms with E-state index >= 15 is 0 Å². The molecular weight excluding hydrogens is 406 g/mol. The topological polar surface area (TPSA) is 88.4 Å². The van der Waals surface area contributed by atoms with Crippen molar-refractivity contribution in [3.05, 3.63) is 93.1 Å². The van der Waals surface area contributed by atoms with Gasteiger partial charge in [-0.25, -0.2) is 9.78 Å². The smallest absolute Gasteiger partial charge is 0.417 e. The maximum atomic E-state index is 13.1. The summed E-state index contributed by atoms with van der Waals surface area (Å²) in [6.07, 6.45) is 0. The molecule has 4 aromatic rings. The van der Waals surface area contributed by atoms with E-state index in [0.717, 1.165) is 11.1 Å². The summed E-state index contributed by atoms with van der Waals surface area (Å²) < 4.78 is 11.0. The minimum atomic E-state index is -0.507. The molecular formula is C22H16ClN3O4. The Morgan fingerprint density at radius 3 is 2.83 bits per heavy atom. The molecule has 1 amide bonds. The van der Waals surface area contributed by atoms with Gasteiger partial charge in [-0.3, -0.25) is 9.78 Å². The summed E-state index contributed by atoms with van der Waals surface area (Å²) in [5.74, 6) is -0.184. The molecule has 1 aliphatic heterocycles. The molecule has 2 aromatic carbocycles.